The van der Waals surface area contributed by atoms with E-state index in [-0.39, 0.29) is 18.7 Å². The topological polar surface area (TPSA) is 179 Å². The summed E-state index contributed by atoms with van der Waals surface area (Å²) >= 11 is 0. The van der Waals surface area contributed by atoms with Gasteiger partial charge in [-0.05, 0) is 96.6 Å². The van der Waals surface area contributed by atoms with Gasteiger partial charge in [0.2, 0.25) is 11.8 Å². The average Bonchev–Trinajstić information content (AvgIpc) is 3.31. The highest BCUT2D eigenvalue weighted by molar-refractivity contribution is 6.21. The van der Waals surface area contributed by atoms with Crippen molar-refractivity contribution in [3.05, 3.63) is 172 Å². The number of hydrogen-bond acceptors (Lipinski definition) is 8. The van der Waals surface area contributed by atoms with Crippen LogP contribution in [0.3, 0.4) is 0 Å². The summed E-state index contributed by atoms with van der Waals surface area (Å²) in [6.45, 7) is 0. The average molecular weight is 793 g/mol. The molecule has 0 aliphatic heterocycles. The number of nitrogens with two attached hydrogens (primary N) is 2. The van der Waals surface area contributed by atoms with Crippen molar-refractivity contribution in [3.8, 4) is 22.3 Å². The molecule has 2 unspecified atom stereocenters. The second-order valence-electron chi connectivity index (χ2n) is 15.2. The Morgan fingerprint density at radius 1 is 0.583 bits per heavy atom. The Balaban J connectivity index is 1.55. The van der Waals surface area contributed by atoms with Gasteiger partial charge in [-0.1, -0.05) is 121 Å². The lowest BCUT2D eigenvalue weighted by Crippen LogP contribution is -2.50. The lowest BCUT2D eigenvalue weighted by atomic mass is 9.57. The van der Waals surface area contributed by atoms with E-state index < -0.39 is 17.2 Å². The number of amides is 2. The van der Waals surface area contributed by atoms with E-state index in [2.05, 4.69) is 41.2 Å². The lowest BCUT2D eigenvalue weighted by Gasteiger charge is -2.45. The number of rotatable bonds is 14. The van der Waals surface area contributed by atoms with E-state index in [0.29, 0.717) is 35.1 Å². The van der Waals surface area contributed by atoms with Crippen molar-refractivity contribution < 1.29 is 28.8 Å². The summed E-state index contributed by atoms with van der Waals surface area (Å²) in [7, 11) is 0. The van der Waals surface area contributed by atoms with Crippen LogP contribution in [0.25, 0.3) is 49.4 Å². The van der Waals surface area contributed by atoms with E-state index in [1.165, 1.54) is 0 Å². The van der Waals surface area contributed by atoms with E-state index in [1.807, 2.05) is 48.5 Å². The molecule has 0 saturated heterocycles. The van der Waals surface area contributed by atoms with Gasteiger partial charge in [0.05, 0.1) is 5.92 Å². The molecule has 1 aliphatic rings. The van der Waals surface area contributed by atoms with Gasteiger partial charge >= 0.3 is 0 Å². The highest BCUT2D eigenvalue weighted by Crippen LogP contribution is 2.53. The van der Waals surface area contributed by atoms with E-state index >= 15 is 0 Å². The van der Waals surface area contributed by atoms with Crippen LogP contribution in [0.4, 0.5) is 0 Å². The van der Waals surface area contributed by atoms with Gasteiger partial charge in [0.15, 0.2) is 0 Å². The zero-order valence-electron chi connectivity index (χ0n) is 32.4. The highest BCUT2D eigenvalue weighted by Gasteiger charge is 2.49. The molecule has 0 spiro atoms. The van der Waals surface area contributed by atoms with Crippen molar-refractivity contribution in [1.29, 1.82) is 0 Å². The molecule has 0 bridgehead atoms. The summed E-state index contributed by atoms with van der Waals surface area (Å²) in [4.78, 5) is 74.2. The first-order valence-corrected chi connectivity index (χ1v) is 19.6. The number of aldehydes is 4. The van der Waals surface area contributed by atoms with Gasteiger partial charge in [-0.15, -0.1) is 0 Å². The molecule has 10 nitrogen and oxygen atoms in total. The Morgan fingerprint density at radius 2 is 1.07 bits per heavy atom. The second-order valence-corrected chi connectivity index (χ2v) is 15.2. The fourth-order valence-corrected chi connectivity index (χ4v) is 9.19. The summed E-state index contributed by atoms with van der Waals surface area (Å²) in [5, 5.41) is 4.63. The maximum absolute atomic E-state index is 14.5. The predicted molar refractivity (Wildman–Crippen MR) is 232 cm³/mol. The Kier molecular flexibility index (Phi) is 10.8. The van der Waals surface area contributed by atoms with Crippen LogP contribution < -0.4 is 27.8 Å². The molecule has 296 valence electrons. The van der Waals surface area contributed by atoms with Crippen molar-refractivity contribution in [3.63, 3.8) is 0 Å². The van der Waals surface area contributed by atoms with Crippen molar-refractivity contribution >= 4 is 64.1 Å². The highest BCUT2D eigenvalue weighted by atomic mass is 16.2. The molecule has 7 aromatic rings. The van der Waals surface area contributed by atoms with Crippen molar-refractivity contribution in [1.82, 2.24) is 10.9 Å². The van der Waals surface area contributed by atoms with E-state index in [4.69, 9.17) is 11.7 Å². The summed E-state index contributed by atoms with van der Waals surface area (Å²) in [5.74, 6) is 9.86. The number of carbonyl (C=O) groups excluding carboxylic acids is 6. The largest absolute Gasteiger partial charge is 0.298 e. The third-order valence-corrected chi connectivity index (χ3v) is 12.1. The minimum Gasteiger partial charge on any atom is -0.298 e. The molecule has 0 radical (unpaired) electrons. The van der Waals surface area contributed by atoms with E-state index in [1.54, 1.807) is 48.5 Å². The molecule has 0 fully saturated rings. The first kappa shape index (κ1) is 39.4. The second kappa shape index (κ2) is 16.5. The molecule has 0 aromatic heterocycles. The Hall–Kier alpha value is -7.40. The van der Waals surface area contributed by atoms with E-state index in [0.717, 1.165) is 96.4 Å². The Bertz CT molecular complexity index is 2820. The number of hydrazine groups is 2. The number of carbonyl (C=O) groups is 6. The van der Waals surface area contributed by atoms with Crippen LogP contribution in [-0.2, 0) is 15.0 Å². The fraction of sp³-hybridized carbons (Fsp3) is 0.120. The van der Waals surface area contributed by atoms with Gasteiger partial charge in [0, 0.05) is 34.1 Å². The normalized spacial score (nSPS) is 15.0. The Morgan fingerprint density at radius 3 is 1.55 bits per heavy atom. The van der Waals surface area contributed by atoms with E-state index in [9.17, 15) is 28.8 Å². The van der Waals surface area contributed by atoms with Crippen LogP contribution in [0.15, 0.2) is 127 Å². The number of hydrogen-bond donors (Lipinski definition) is 4. The molecule has 0 heterocycles. The third-order valence-electron chi connectivity index (χ3n) is 12.1. The van der Waals surface area contributed by atoms with Gasteiger partial charge in [-0.25, -0.2) is 11.7 Å². The molecule has 0 saturated carbocycles. The number of benzene rings is 7. The van der Waals surface area contributed by atoms with Crippen LogP contribution in [0.1, 0.15) is 83.8 Å². The molecule has 60 heavy (non-hydrogen) atoms. The summed E-state index contributed by atoms with van der Waals surface area (Å²) in [6, 6.07) is 39.9. The molecular formula is C50H40N4O6. The standard InChI is InChI=1S/C50H40N4O6/c51-53-46(59)3-1-2-45(49(60)54-52)50(37-18-10-33(29-58)11-19-37)25-43(36-16-8-32(28-57)9-17-36)40-21-20-38-41(34-12-4-30(26-55)5-13-34)24-42(35-14-6-31(27-56)7-15-35)39-22-23-44(50)48(40)47(38)39/h4-24,26-29,45H,1-3,25,51-52H2,(H,53,59)(H,54,60). The zero-order valence-corrected chi connectivity index (χ0v) is 32.4. The van der Waals surface area contributed by atoms with Gasteiger partial charge in [-0.2, -0.15) is 0 Å². The van der Waals surface area contributed by atoms with Gasteiger partial charge in [-0.3, -0.25) is 39.6 Å². The molecular weight excluding hydrogens is 753 g/mol. The molecule has 6 N–H and O–H groups in total. The molecule has 8 rings (SSSR count). The third kappa shape index (κ3) is 6.77. The van der Waals surface area contributed by atoms with Crippen LogP contribution in [0, 0.1) is 5.92 Å². The predicted octanol–water partition coefficient (Wildman–Crippen LogP) is 6.95. The first-order chi connectivity index (χ1) is 29.3. The first-order valence-electron chi connectivity index (χ1n) is 19.6. The van der Waals surface area contributed by atoms with Crippen LogP contribution in [-0.4, -0.2) is 37.0 Å². The maximum atomic E-state index is 14.5. The van der Waals surface area contributed by atoms with Crippen LogP contribution >= 0.6 is 0 Å². The van der Waals surface area contributed by atoms with Crippen molar-refractivity contribution in [2.75, 3.05) is 0 Å². The zero-order chi connectivity index (χ0) is 42.0. The number of nitrogens with one attached hydrogen (secondary N) is 2. The molecule has 2 atom stereocenters. The van der Waals surface area contributed by atoms with Gasteiger partial charge in [0.25, 0.3) is 0 Å². The molecule has 2 amide bonds. The van der Waals surface area contributed by atoms with Gasteiger partial charge < -0.3 is 0 Å². The lowest BCUT2D eigenvalue weighted by molar-refractivity contribution is -0.128. The maximum Gasteiger partial charge on any atom is 0.238 e. The smallest absolute Gasteiger partial charge is 0.238 e. The van der Waals surface area contributed by atoms with Crippen LogP contribution in [0.2, 0.25) is 0 Å². The Labute approximate surface area is 345 Å². The minimum absolute atomic E-state index is 0.0715. The molecule has 10 heteroatoms. The minimum atomic E-state index is -1.12. The fourth-order valence-electron chi connectivity index (χ4n) is 9.19. The molecule has 7 aromatic carbocycles. The quantitative estimate of drug-likeness (QED) is 0.0396. The molecule has 1 aliphatic carbocycles. The van der Waals surface area contributed by atoms with Gasteiger partial charge in [0.1, 0.15) is 25.1 Å². The van der Waals surface area contributed by atoms with Crippen LogP contribution in [0.5, 0.6) is 0 Å². The summed E-state index contributed by atoms with van der Waals surface area (Å²) in [5.41, 5.74) is 12.5. The van der Waals surface area contributed by atoms with Crippen molar-refractivity contribution in [2.45, 2.75) is 31.1 Å². The monoisotopic (exact) mass is 792 g/mol. The summed E-state index contributed by atoms with van der Waals surface area (Å²) in [6.07, 6.45) is 4.12. The summed E-state index contributed by atoms with van der Waals surface area (Å²) < 4.78 is 0. The van der Waals surface area contributed by atoms with Crippen molar-refractivity contribution in [2.24, 2.45) is 17.6 Å². The SMILES string of the molecule is NNC(=O)CCCC(C(=O)NN)C1(c2ccc(C=O)cc2)CC(c2ccc(C=O)cc2)=c2ccc3c(-c4ccc(C=O)cc4)cc(-c4ccc(C=O)cc4)c4ccc1c2c43.